The van der Waals surface area contributed by atoms with E-state index in [9.17, 15) is 0 Å². The van der Waals surface area contributed by atoms with Gasteiger partial charge in [-0.2, -0.15) is 0 Å². The summed E-state index contributed by atoms with van der Waals surface area (Å²) in [5.74, 6) is 0.490. The summed E-state index contributed by atoms with van der Waals surface area (Å²) in [6.45, 7) is -0.153. The molecule has 15 heavy (non-hydrogen) atoms. The Balaban J connectivity index is 2.50. The van der Waals surface area contributed by atoms with Gasteiger partial charge in [-0.1, -0.05) is 11.6 Å². The van der Waals surface area contributed by atoms with Crippen LogP contribution in [0.5, 0.6) is 0 Å². The Bertz CT molecular complexity index is 486. The predicted octanol–water partition coefficient (Wildman–Crippen LogP) is 2.18. The molecule has 1 N–H and O–H groups in total. The molecule has 1 aromatic heterocycles. The van der Waals surface area contributed by atoms with Gasteiger partial charge in [0.15, 0.2) is 5.82 Å². The minimum absolute atomic E-state index is 0.153. The molecule has 0 spiro atoms. The molecule has 2 aromatic rings. The second-order valence-electron chi connectivity index (χ2n) is 2.87. The highest BCUT2D eigenvalue weighted by Crippen LogP contribution is 2.25. The Morgan fingerprint density at radius 2 is 2.27 bits per heavy atom. The number of halogens is 2. The molecule has 1 aromatic carbocycles. The number of hydrogen-bond acceptors (Lipinski definition) is 3. The quantitative estimate of drug-likeness (QED) is 0.921. The van der Waals surface area contributed by atoms with Crippen LogP contribution in [0.3, 0.4) is 0 Å². The van der Waals surface area contributed by atoms with E-state index in [0.717, 1.165) is 10.2 Å². The number of nitrogens with zero attached hydrogens (tertiary/aromatic N) is 3. The zero-order valence-electron chi connectivity index (χ0n) is 7.56. The number of aromatic nitrogens is 3. The van der Waals surface area contributed by atoms with E-state index in [4.69, 9.17) is 16.7 Å². The van der Waals surface area contributed by atoms with Crippen molar-refractivity contribution in [3.05, 3.63) is 39.8 Å². The zero-order chi connectivity index (χ0) is 10.8. The lowest BCUT2D eigenvalue weighted by molar-refractivity contribution is 0.269. The average Bonchev–Trinajstić information content (AvgIpc) is 2.70. The van der Waals surface area contributed by atoms with Crippen molar-refractivity contribution in [2.24, 2.45) is 0 Å². The van der Waals surface area contributed by atoms with E-state index in [-0.39, 0.29) is 6.61 Å². The largest absolute Gasteiger partial charge is 0.388 e. The minimum Gasteiger partial charge on any atom is -0.388 e. The van der Waals surface area contributed by atoms with Crippen molar-refractivity contribution in [1.82, 2.24) is 14.8 Å². The van der Waals surface area contributed by atoms with Gasteiger partial charge in [0.05, 0.1) is 5.02 Å². The van der Waals surface area contributed by atoms with Gasteiger partial charge in [0, 0.05) is 10.2 Å². The first-order valence-electron chi connectivity index (χ1n) is 4.17. The van der Waals surface area contributed by atoms with Gasteiger partial charge in [-0.25, -0.2) is 0 Å². The minimum atomic E-state index is -0.153. The number of aliphatic hydroxyl groups excluding tert-OH is 1. The average molecular weight is 289 g/mol. The van der Waals surface area contributed by atoms with Crippen molar-refractivity contribution in [1.29, 1.82) is 0 Å². The van der Waals surface area contributed by atoms with Crippen LogP contribution in [0, 0.1) is 0 Å². The Labute approximate surface area is 99.6 Å². The normalized spacial score (nSPS) is 10.6. The van der Waals surface area contributed by atoms with Gasteiger partial charge in [-0.05, 0) is 34.1 Å². The maximum Gasteiger partial charge on any atom is 0.163 e. The van der Waals surface area contributed by atoms with Crippen LogP contribution in [0.4, 0.5) is 0 Å². The molecule has 1 heterocycles. The Hall–Kier alpha value is -0.910. The van der Waals surface area contributed by atoms with Crippen molar-refractivity contribution in [2.45, 2.75) is 6.61 Å². The molecular weight excluding hydrogens is 281 g/mol. The lowest BCUT2D eigenvalue weighted by atomic mass is 10.3. The monoisotopic (exact) mass is 287 g/mol. The molecule has 0 radical (unpaired) electrons. The molecule has 2 rings (SSSR count). The highest BCUT2D eigenvalue weighted by Gasteiger charge is 2.06. The summed E-state index contributed by atoms with van der Waals surface area (Å²) >= 11 is 9.21. The molecule has 0 atom stereocenters. The zero-order valence-corrected chi connectivity index (χ0v) is 9.90. The smallest absolute Gasteiger partial charge is 0.163 e. The highest BCUT2D eigenvalue weighted by molar-refractivity contribution is 9.10. The third-order valence-corrected chi connectivity index (χ3v) is 3.16. The first-order valence-corrected chi connectivity index (χ1v) is 5.34. The maximum absolute atomic E-state index is 9.03. The lowest BCUT2D eigenvalue weighted by Crippen LogP contribution is -1.99. The first kappa shape index (κ1) is 10.6. The fourth-order valence-electron chi connectivity index (χ4n) is 1.22. The summed E-state index contributed by atoms with van der Waals surface area (Å²) < 4.78 is 2.49. The molecule has 0 amide bonds. The van der Waals surface area contributed by atoms with E-state index in [1.54, 1.807) is 17.0 Å². The highest BCUT2D eigenvalue weighted by atomic mass is 79.9. The van der Waals surface area contributed by atoms with Gasteiger partial charge in [0.1, 0.15) is 12.9 Å². The van der Waals surface area contributed by atoms with E-state index in [0.29, 0.717) is 10.8 Å². The van der Waals surface area contributed by atoms with Gasteiger partial charge in [-0.3, -0.25) is 4.57 Å². The van der Waals surface area contributed by atoms with E-state index in [1.165, 1.54) is 0 Å². The molecule has 0 saturated heterocycles. The van der Waals surface area contributed by atoms with Crippen LogP contribution in [0.1, 0.15) is 5.82 Å². The SMILES string of the molecule is OCc1nncn1-c1ccc(Cl)c(Br)c1. The summed E-state index contributed by atoms with van der Waals surface area (Å²) in [6, 6.07) is 5.43. The van der Waals surface area contributed by atoms with Crippen molar-refractivity contribution < 1.29 is 5.11 Å². The van der Waals surface area contributed by atoms with Crippen molar-refractivity contribution >= 4 is 27.5 Å². The Morgan fingerprint density at radius 1 is 1.47 bits per heavy atom. The summed E-state index contributed by atoms with van der Waals surface area (Å²) in [4.78, 5) is 0. The van der Waals surface area contributed by atoms with Crippen LogP contribution in [-0.4, -0.2) is 19.9 Å². The van der Waals surface area contributed by atoms with Crippen molar-refractivity contribution in [2.75, 3.05) is 0 Å². The molecule has 0 saturated carbocycles. The van der Waals surface area contributed by atoms with Crippen LogP contribution in [0.25, 0.3) is 5.69 Å². The maximum atomic E-state index is 9.03. The second-order valence-corrected chi connectivity index (χ2v) is 4.14. The standard InChI is InChI=1S/C9H7BrClN3O/c10-7-3-6(1-2-8(7)11)14-5-12-13-9(14)4-15/h1-3,5,15H,4H2. The molecular formula is C9H7BrClN3O. The third kappa shape index (κ3) is 2.04. The molecule has 0 bridgehead atoms. The number of aliphatic hydroxyl groups is 1. The van der Waals surface area contributed by atoms with E-state index in [2.05, 4.69) is 26.1 Å². The number of rotatable bonds is 2. The molecule has 0 fully saturated rings. The van der Waals surface area contributed by atoms with Crippen LogP contribution in [0.15, 0.2) is 29.0 Å². The predicted molar refractivity (Wildman–Crippen MR) is 60.0 cm³/mol. The van der Waals surface area contributed by atoms with Crippen LogP contribution >= 0.6 is 27.5 Å². The summed E-state index contributed by atoms with van der Waals surface area (Å²) in [5.41, 5.74) is 0.848. The molecule has 78 valence electrons. The lowest BCUT2D eigenvalue weighted by Gasteiger charge is -2.05. The van der Waals surface area contributed by atoms with Crippen LogP contribution in [0.2, 0.25) is 5.02 Å². The fourth-order valence-corrected chi connectivity index (χ4v) is 1.70. The molecule has 0 aliphatic rings. The van der Waals surface area contributed by atoms with Crippen LogP contribution in [-0.2, 0) is 6.61 Å². The summed E-state index contributed by atoms with van der Waals surface area (Å²) in [6.07, 6.45) is 1.54. The summed E-state index contributed by atoms with van der Waals surface area (Å²) in [5, 5.41) is 17.2. The van der Waals surface area contributed by atoms with Gasteiger partial charge >= 0.3 is 0 Å². The van der Waals surface area contributed by atoms with E-state index < -0.39 is 0 Å². The molecule has 0 unspecified atom stereocenters. The van der Waals surface area contributed by atoms with E-state index >= 15 is 0 Å². The van der Waals surface area contributed by atoms with Gasteiger partial charge in [0.2, 0.25) is 0 Å². The molecule has 0 aliphatic heterocycles. The first-order chi connectivity index (χ1) is 7.22. The van der Waals surface area contributed by atoms with Crippen molar-refractivity contribution in [3.63, 3.8) is 0 Å². The third-order valence-electron chi connectivity index (χ3n) is 1.94. The van der Waals surface area contributed by atoms with Gasteiger partial charge < -0.3 is 5.11 Å². The number of benzene rings is 1. The Morgan fingerprint density at radius 3 is 2.93 bits per heavy atom. The second kappa shape index (κ2) is 4.30. The summed E-state index contributed by atoms with van der Waals surface area (Å²) in [7, 11) is 0. The number of hydrogen-bond donors (Lipinski definition) is 1. The topological polar surface area (TPSA) is 50.9 Å². The van der Waals surface area contributed by atoms with E-state index in [1.807, 2.05) is 12.1 Å². The fraction of sp³-hybridized carbons (Fsp3) is 0.111. The van der Waals surface area contributed by atoms with Gasteiger partial charge in [-0.15, -0.1) is 10.2 Å². The molecule has 6 heteroatoms. The van der Waals surface area contributed by atoms with Crippen molar-refractivity contribution in [3.8, 4) is 5.69 Å². The van der Waals surface area contributed by atoms with Gasteiger partial charge in [0.25, 0.3) is 0 Å². The molecule has 4 nitrogen and oxygen atoms in total. The molecule has 0 aliphatic carbocycles. The van der Waals surface area contributed by atoms with Crippen LogP contribution < -0.4 is 0 Å². The Kier molecular flexibility index (Phi) is 3.04.